The number of nitrogens with zero attached hydrogens (tertiary/aromatic N) is 6. The van der Waals surface area contributed by atoms with Gasteiger partial charge in [0.15, 0.2) is 5.82 Å². The van der Waals surface area contributed by atoms with E-state index in [1.807, 2.05) is 11.9 Å². The molecule has 0 aliphatic rings. The van der Waals surface area contributed by atoms with Gasteiger partial charge in [-0.2, -0.15) is 5.10 Å². The molecule has 116 valence electrons. The Balaban J connectivity index is 1.86. The van der Waals surface area contributed by atoms with Gasteiger partial charge < -0.3 is 4.90 Å². The first-order valence-corrected chi connectivity index (χ1v) is 6.90. The minimum atomic E-state index is -0.380. The topological polar surface area (TPSA) is 90.0 Å². The van der Waals surface area contributed by atoms with Crippen LogP contribution in [0.2, 0.25) is 0 Å². The van der Waals surface area contributed by atoms with Crippen molar-refractivity contribution in [1.29, 1.82) is 0 Å². The van der Waals surface area contributed by atoms with Crippen molar-refractivity contribution in [2.45, 2.75) is 6.54 Å². The number of hydrogen-bond acceptors (Lipinski definition) is 6. The lowest BCUT2D eigenvalue weighted by atomic mass is 10.1. The Morgan fingerprint density at radius 3 is 2.83 bits per heavy atom. The standard InChI is InChI=1S/C15H14N6O2/c1-19(11-12-5-2-3-6-13(12)21(22)23)14-9-16-10-15(18-14)20-8-4-7-17-20/h2-10H,11H2,1H3. The van der Waals surface area contributed by atoms with Gasteiger partial charge in [0, 0.05) is 31.1 Å². The van der Waals surface area contributed by atoms with Crippen LogP contribution in [0.3, 0.4) is 0 Å². The quantitative estimate of drug-likeness (QED) is 0.530. The van der Waals surface area contributed by atoms with Crippen LogP contribution in [0.15, 0.2) is 55.1 Å². The molecule has 2 aromatic heterocycles. The summed E-state index contributed by atoms with van der Waals surface area (Å²) in [6, 6.07) is 8.46. The Labute approximate surface area is 132 Å². The second kappa shape index (κ2) is 6.22. The first-order chi connectivity index (χ1) is 11.1. The van der Waals surface area contributed by atoms with Crippen LogP contribution in [0.1, 0.15) is 5.56 Å². The summed E-state index contributed by atoms with van der Waals surface area (Å²) in [5.41, 5.74) is 0.710. The number of benzene rings is 1. The summed E-state index contributed by atoms with van der Waals surface area (Å²) in [4.78, 5) is 21.2. The fraction of sp³-hybridized carbons (Fsp3) is 0.133. The number of nitro benzene ring substituents is 1. The molecule has 0 unspecified atom stereocenters. The third-order valence-electron chi connectivity index (χ3n) is 3.34. The Morgan fingerprint density at radius 1 is 1.26 bits per heavy atom. The van der Waals surface area contributed by atoms with Crippen molar-refractivity contribution in [2.24, 2.45) is 0 Å². The summed E-state index contributed by atoms with van der Waals surface area (Å²) < 4.78 is 1.61. The highest BCUT2D eigenvalue weighted by Crippen LogP contribution is 2.21. The molecule has 8 heteroatoms. The molecular formula is C15H14N6O2. The highest BCUT2D eigenvalue weighted by Gasteiger charge is 2.15. The predicted molar refractivity (Wildman–Crippen MR) is 84.4 cm³/mol. The highest BCUT2D eigenvalue weighted by molar-refractivity contribution is 5.45. The Kier molecular flexibility index (Phi) is 3.96. The van der Waals surface area contributed by atoms with Gasteiger partial charge in [-0.3, -0.25) is 15.1 Å². The maximum Gasteiger partial charge on any atom is 0.274 e. The zero-order valence-electron chi connectivity index (χ0n) is 12.4. The van der Waals surface area contributed by atoms with Gasteiger partial charge in [-0.05, 0) is 6.07 Å². The van der Waals surface area contributed by atoms with Gasteiger partial charge in [0.25, 0.3) is 5.69 Å². The molecule has 8 nitrogen and oxygen atoms in total. The molecule has 0 bridgehead atoms. The van der Waals surface area contributed by atoms with E-state index in [1.54, 1.807) is 53.7 Å². The zero-order valence-corrected chi connectivity index (χ0v) is 12.4. The van der Waals surface area contributed by atoms with Gasteiger partial charge in [-0.15, -0.1) is 0 Å². The van der Waals surface area contributed by atoms with Crippen LogP contribution in [-0.4, -0.2) is 31.7 Å². The van der Waals surface area contributed by atoms with Crippen LogP contribution in [0.4, 0.5) is 11.5 Å². The lowest BCUT2D eigenvalue weighted by Gasteiger charge is -2.18. The highest BCUT2D eigenvalue weighted by atomic mass is 16.6. The summed E-state index contributed by atoms with van der Waals surface area (Å²) in [7, 11) is 1.81. The van der Waals surface area contributed by atoms with E-state index in [0.29, 0.717) is 23.7 Å². The predicted octanol–water partition coefficient (Wildman–Crippen LogP) is 2.21. The molecule has 0 aliphatic heterocycles. The molecule has 0 amide bonds. The van der Waals surface area contributed by atoms with E-state index in [4.69, 9.17) is 0 Å². The van der Waals surface area contributed by atoms with Crippen molar-refractivity contribution in [3.63, 3.8) is 0 Å². The number of hydrogen-bond donors (Lipinski definition) is 0. The number of aromatic nitrogens is 4. The van der Waals surface area contributed by atoms with Crippen LogP contribution in [-0.2, 0) is 6.54 Å². The first-order valence-electron chi connectivity index (χ1n) is 6.90. The molecule has 0 spiro atoms. The van der Waals surface area contributed by atoms with Gasteiger partial charge in [0.05, 0.1) is 23.9 Å². The van der Waals surface area contributed by atoms with Crippen LogP contribution in [0.5, 0.6) is 0 Å². The molecule has 0 saturated heterocycles. The maximum absolute atomic E-state index is 11.1. The van der Waals surface area contributed by atoms with Crippen molar-refractivity contribution >= 4 is 11.5 Å². The van der Waals surface area contributed by atoms with Crippen LogP contribution >= 0.6 is 0 Å². The smallest absolute Gasteiger partial charge is 0.274 e. The van der Waals surface area contributed by atoms with Crippen LogP contribution in [0, 0.1) is 10.1 Å². The summed E-state index contributed by atoms with van der Waals surface area (Å²) in [5, 5.41) is 15.2. The average Bonchev–Trinajstić information content (AvgIpc) is 3.10. The van der Waals surface area contributed by atoms with E-state index in [0.717, 1.165) is 0 Å². The number of anilines is 1. The van der Waals surface area contributed by atoms with E-state index in [-0.39, 0.29) is 10.6 Å². The molecule has 0 aliphatic carbocycles. The van der Waals surface area contributed by atoms with Crippen molar-refractivity contribution in [3.8, 4) is 5.82 Å². The second-order valence-electron chi connectivity index (χ2n) is 4.93. The van der Waals surface area contributed by atoms with E-state index in [1.165, 1.54) is 6.07 Å². The average molecular weight is 310 g/mol. The minimum Gasteiger partial charge on any atom is -0.354 e. The molecule has 0 fully saturated rings. The fourth-order valence-corrected chi connectivity index (χ4v) is 2.20. The molecular weight excluding hydrogens is 296 g/mol. The third kappa shape index (κ3) is 3.15. The summed E-state index contributed by atoms with van der Waals surface area (Å²) >= 11 is 0. The van der Waals surface area contributed by atoms with E-state index in [2.05, 4.69) is 15.1 Å². The van der Waals surface area contributed by atoms with Crippen molar-refractivity contribution < 1.29 is 4.92 Å². The van der Waals surface area contributed by atoms with E-state index >= 15 is 0 Å². The second-order valence-corrected chi connectivity index (χ2v) is 4.93. The van der Waals surface area contributed by atoms with Crippen molar-refractivity contribution in [1.82, 2.24) is 19.7 Å². The number of nitro groups is 1. The van der Waals surface area contributed by atoms with Crippen LogP contribution in [0.25, 0.3) is 5.82 Å². The van der Waals surface area contributed by atoms with Crippen molar-refractivity contribution in [3.05, 3.63) is 70.8 Å². The number of rotatable bonds is 5. The first kappa shape index (κ1) is 14.6. The van der Waals surface area contributed by atoms with Gasteiger partial charge in [-0.25, -0.2) is 9.67 Å². The molecule has 0 atom stereocenters. The molecule has 23 heavy (non-hydrogen) atoms. The van der Waals surface area contributed by atoms with Crippen LogP contribution < -0.4 is 4.90 Å². The summed E-state index contributed by atoms with van der Waals surface area (Å²) in [5.74, 6) is 1.19. The normalized spacial score (nSPS) is 10.5. The fourth-order valence-electron chi connectivity index (χ4n) is 2.20. The van der Waals surface area contributed by atoms with Gasteiger partial charge in [0.1, 0.15) is 5.82 Å². The molecule has 0 radical (unpaired) electrons. The summed E-state index contributed by atoms with van der Waals surface area (Å²) in [6.07, 6.45) is 6.65. The van der Waals surface area contributed by atoms with Crippen molar-refractivity contribution in [2.75, 3.05) is 11.9 Å². The Bertz CT molecular complexity index is 818. The Hall–Kier alpha value is -3.29. The Morgan fingerprint density at radius 2 is 2.09 bits per heavy atom. The van der Waals surface area contributed by atoms with Gasteiger partial charge >= 0.3 is 0 Å². The molecule has 3 aromatic rings. The maximum atomic E-state index is 11.1. The minimum absolute atomic E-state index is 0.0931. The largest absolute Gasteiger partial charge is 0.354 e. The molecule has 0 saturated carbocycles. The van der Waals surface area contributed by atoms with Gasteiger partial charge in [0.2, 0.25) is 0 Å². The molecule has 3 rings (SSSR count). The molecule has 2 heterocycles. The van der Waals surface area contributed by atoms with Gasteiger partial charge in [-0.1, -0.05) is 18.2 Å². The van der Waals surface area contributed by atoms with E-state index in [9.17, 15) is 10.1 Å². The monoisotopic (exact) mass is 310 g/mol. The SMILES string of the molecule is CN(Cc1ccccc1[N+](=O)[O-])c1cncc(-n2cccn2)n1. The molecule has 0 N–H and O–H groups in total. The third-order valence-corrected chi connectivity index (χ3v) is 3.34. The van der Waals surface area contributed by atoms with E-state index < -0.39 is 0 Å². The zero-order chi connectivity index (χ0) is 16.2. The lowest BCUT2D eigenvalue weighted by molar-refractivity contribution is -0.385. The summed E-state index contributed by atoms with van der Waals surface area (Å²) in [6.45, 7) is 0.356. The molecule has 1 aromatic carbocycles. The number of para-hydroxylation sites is 1. The lowest BCUT2D eigenvalue weighted by Crippen LogP contribution is -2.19.